The van der Waals surface area contributed by atoms with Crippen molar-refractivity contribution in [1.29, 1.82) is 0 Å². The Balaban J connectivity index is 1.81. The van der Waals surface area contributed by atoms with Gasteiger partial charge in [0.2, 0.25) is 5.91 Å². The SMILES string of the molecule is CCNC(=O)[C@H](C)N(Cc1ccc(Cl)cc1Cl)C(=O)COc1cccc2ccccc12. The molecule has 0 bridgehead atoms. The molecule has 2 amide bonds. The van der Waals surface area contributed by atoms with E-state index in [2.05, 4.69) is 5.32 Å². The summed E-state index contributed by atoms with van der Waals surface area (Å²) in [5.41, 5.74) is 0.695. The number of nitrogens with zero attached hydrogens (tertiary/aromatic N) is 1. The van der Waals surface area contributed by atoms with Gasteiger partial charge in [-0.15, -0.1) is 0 Å². The number of nitrogens with one attached hydrogen (secondary N) is 1. The number of halogens is 2. The second kappa shape index (κ2) is 10.5. The molecule has 1 atom stereocenters. The number of ether oxygens (including phenoxy) is 1. The first-order valence-corrected chi connectivity index (χ1v) is 10.8. The normalized spacial score (nSPS) is 11.7. The van der Waals surface area contributed by atoms with Gasteiger partial charge in [0.25, 0.3) is 5.91 Å². The van der Waals surface area contributed by atoms with Gasteiger partial charge in [0, 0.05) is 28.5 Å². The van der Waals surface area contributed by atoms with Crippen LogP contribution in [0, 0.1) is 0 Å². The first kappa shape index (κ1) is 22.9. The number of fused-ring (bicyclic) bond motifs is 1. The zero-order valence-electron chi connectivity index (χ0n) is 17.4. The molecule has 0 aliphatic carbocycles. The van der Waals surface area contributed by atoms with Crippen molar-refractivity contribution < 1.29 is 14.3 Å². The lowest BCUT2D eigenvalue weighted by Crippen LogP contribution is -2.49. The van der Waals surface area contributed by atoms with Gasteiger partial charge < -0.3 is 15.0 Å². The summed E-state index contributed by atoms with van der Waals surface area (Å²) in [7, 11) is 0. The molecule has 0 fully saturated rings. The van der Waals surface area contributed by atoms with Gasteiger partial charge in [-0.2, -0.15) is 0 Å². The van der Waals surface area contributed by atoms with Gasteiger partial charge in [-0.05, 0) is 43.0 Å². The Morgan fingerprint density at radius 1 is 1.06 bits per heavy atom. The highest BCUT2D eigenvalue weighted by molar-refractivity contribution is 6.35. The fourth-order valence-electron chi connectivity index (χ4n) is 3.28. The molecular formula is C24H24Cl2N2O3. The summed E-state index contributed by atoms with van der Waals surface area (Å²) in [6.45, 7) is 3.94. The van der Waals surface area contributed by atoms with Gasteiger partial charge in [-0.3, -0.25) is 9.59 Å². The fourth-order valence-corrected chi connectivity index (χ4v) is 3.75. The second-order valence-corrected chi connectivity index (χ2v) is 7.94. The molecule has 5 nitrogen and oxygen atoms in total. The predicted octanol–water partition coefficient (Wildman–Crippen LogP) is 5.08. The number of hydrogen-bond acceptors (Lipinski definition) is 3. The maximum atomic E-state index is 13.1. The molecule has 3 aromatic rings. The Morgan fingerprint density at radius 3 is 2.55 bits per heavy atom. The van der Waals surface area contributed by atoms with E-state index in [-0.39, 0.29) is 25.0 Å². The topological polar surface area (TPSA) is 58.6 Å². The van der Waals surface area contributed by atoms with Crippen molar-refractivity contribution in [3.05, 3.63) is 76.3 Å². The van der Waals surface area contributed by atoms with Crippen molar-refractivity contribution in [1.82, 2.24) is 10.2 Å². The molecule has 0 unspecified atom stereocenters. The van der Waals surface area contributed by atoms with E-state index in [0.29, 0.717) is 27.9 Å². The zero-order chi connectivity index (χ0) is 22.4. The minimum absolute atomic E-state index is 0.159. The van der Waals surface area contributed by atoms with Gasteiger partial charge in [-0.25, -0.2) is 0 Å². The highest BCUT2D eigenvalue weighted by Crippen LogP contribution is 2.26. The summed E-state index contributed by atoms with van der Waals surface area (Å²) in [5.74, 6) is 0.0467. The van der Waals surface area contributed by atoms with Gasteiger partial charge in [-0.1, -0.05) is 65.7 Å². The number of rotatable bonds is 8. The molecule has 0 spiro atoms. The van der Waals surface area contributed by atoms with Crippen molar-refractivity contribution in [3.8, 4) is 5.75 Å². The molecular weight excluding hydrogens is 435 g/mol. The number of benzene rings is 3. The zero-order valence-corrected chi connectivity index (χ0v) is 18.9. The number of hydrogen-bond donors (Lipinski definition) is 1. The molecule has 0 radical (unpaired) electrons. The third-order valence-electron chi connectivity index (χ3n) is 4.97. The van der Waals surface area contributed by atoms with Crippen molar-refractivity contribution >= 4 is 45.8 Å². The average Bonchev–Trinajstić information content (AvgIpc) is 2.76. The third kappa shape index (κ3) is 5.69. The highest BCUT2D eigenvalue weighted by Gasteiger charge is 2.27. The van der Waals surface area contributed by atoms with Crippen LogP contribution in [-0.2, 0) is 16.1 Å². The minimum atomic E-state index is -0.699. The quantitative estimate of drug-likeness (QED) is 0.511. The Labute approximate surface area is 191 Å². The van der Waals surface area contributed by atoms with E-state index in [1.165, 1.54) is 4.90 Å². The summed E-state index contributed by atoms with van der Waals surface area (Å²) in [6, 6.07) is 17.8. The van der Waals surface area contributed by atoms with E-state index in [4.69, 9.17) is 27.9 Å². The molecule has 162 valence electrons. The van der Waals surface area contributed by atoms with Crippen molar-refractivity contribution in [2.45, 2.75) is 26.4 Å². The van der Waals surface area contributed by atoms with Crippen LogP contribution in [0.25, 0.3) is 10.8 Å². The van der Waals surface area contributed by atoms with Crippen LogP contribution in [-0.4, -0.2) is 35.9 Å². The summed E-state index contributed by atoms with van der Waals surface area (Å²) < 4.78 is 5.86. The van der Waals surface area contributed by atoms with Crippen molar-refractivity contribution in [3.63, 3.8) is 0 Å². The lowest BCUT2D eigenvalue weighted by Gasteiger charge is -2.29. The van der Waals surface area contributed by atoms with E-state index in [0.717, 1.165) is 10.8 Å². The van der Waals surface area contributed by atoms with Crippen LogP contribution in [0.3, 0.4) is 0 Å². The predicted molar refractivity (Wildman–Crippen MR) is 125 cm³/mol. The number of amides is 2. The van der Waals surface area contributed by atoms with Gasteiger partial charge in [0.1, 0.15) is 11.8 Å². The Hall–Kier alpha value is -2.76. The summed E-state index contributed by atoms with van der Waals surface area (Å²) in [5, 5.41) is 5.64. The van der Waals surface area contributed by atoms with E-state index < -0.39 is 6.04 Å². The van der Waals surface area contributed by atoms with Crippen molar-refractivity contribution in [2.75, 3.05) is 13.2 Å². The largest absolute Gasteiger partial charge is 0.483 e. The van der Waals surface area contributed by atoms with E-state index >= 15 is 0 Å². The third-order valence-corrected chi connectivity index (χ3v) is 5.56. The van der Waals surface area contributed by atoms with E-state index in [1.54, 1.807) is 25.1 Å². The molecule has 7 heteroatoms. The molecule has 3 rings (SSSR count). The molecule has 0 saturated heterocycles. The monoisotopic (exact) mass is 458 g/mol. The summed E-state index contributed by atoms with van der Waals surface area (Å²) >= 11 is 12.3. The van der Waals surface area contributed by atoms with Crippen LogP contribution in [0.1, 0.15) is 19.4 Å². The summed E-state index contributed by atoms with van der Waals surface area (Å²) in [6.07, 6.45) is 0. The number of carbonyl (C=O) groups is 2. The highest BCUT2D eigenvalue weighted by atomic mass is 35.5. The maximum absolute atomic E-state index is 13.1. The molecule has 0 heterocycles. The Kier molecular flexibility index (Phi) is 7.77. The lowest BCUT2D eigenvalue weighted by molar-refractivity contribution is -0.142. The minimum Gasteiger partial charge on any atom is -0.483 e. The molecule has 1 N–H and O–H groups in total. The van der Waals surface area contributed by atoms with Crippen LogP contribution < -0.4 is 10.1 Å². The van der Waals surface area contributed by atoms with E-state index in [1.807, 2.05) is 49.4 Å². The number of carbonyl (C=O) groups excluding carboxylic acids is 2. The van der Waals surface area contributed by atoms with Crippen LogP contribution in [0.15, 0.2) is 60.7 Å². The van der Waals surface area contributed by atoms with Crippen LogP contribution in [0.4, 0.5) is 0 Å². The standard InChI is InChI=1S/C24H24Cl2N2O3/c1-3-27-24(30)16(2)28(14-18-11-12-19(25)13-21(18)26)23(29)15-31-22-10-6-8-17-7-4-5-9-20(17)22/h4-13,16H,3,14-15H2,1-2H3,(H,27,30)/t16-/m0/s1. The van der Waals surface area contributed by atoms with Crippen LogP contribution in [0.5, 0.6) is 5.75 Å². The van der Waals surface area contributed by atoms with Crippen LogP contribution >= 0.6 is 23.2 Å². The molecule has 0 aliphatic heterocycles. The first-order valence-electron chi connectivity index (χ1n) is 10.0. The van der Waals surface area contributed by atoms with E-state index in [9.17, 15) is 9.59 Å². The Morgan fingerprint density at radius 2 is 1.81 bits per heavy atom. The Bertz CT molecular complexity index is 1080. The maximum Gasteiger partial charge on any atom is 0.261 e. The first-order chi connectivity index (χ1) is 14.9. The van der Waals surface area contributed by atoms with Crippen molar-refractivity contribution in [2.24, 2.45) is 0 Å². The second-order valence-electron chi connectivity index (χ2n) is 7.09. The number of likely N-dealkylation sites (N-methyl/N-ethyl adjacent to an activating group) is 1. The molecule has 0 saturated carbocycles. The van der Waals surface area contributed by atoms with Crippen LogP contribution in [0.2, 0.25) is 10.0 Å². The van der Waals surface area contributed by atoms with Gasteiger partial charge in [0.15, 0.2) is 6.61 Å². The average molecular weight is 459 g/mol. The van der Waals surface area contributed by atoms with Gasteiger partial charge >= 0.3 is 0 Å². The molecule has 31 heavy (non-hydrogen) atoms. The smallest absolute Gasteiger partial charge is 0.261 e. The fraction of sp³-hybridized carbons (Fsp3) is 0.250. The summed E-state index contributed by atoms with van der Waals surface area (Å²) in [4.78, 5) is 27.1. The van der Waals surface area contributed by atoms with Gasteiger partial charge in [0.05, 0.1) is 0 Å². The molecule has 3 aromatic carbocycles. The molecule has 0 aliphatic rings. The molecule has 0 aromatic heterocycles. The lowest BCUT2D eigenvalue weighted by atomic mass is 10.1.